The Morgan fingerprint density at radius 1 is 1.24 bits per heavy atom. The molecular weight excluding hydrogens is 262 g/mol. The van der Waals surface area contributed by atoms with E-state index in [9.17, 15) is 4.79 Å². The molecule has 0 amide bonds. The molecule has 1 fully saturated rings. The monoisotopic (exact) mass is 289 g/mol. The van der Waals surface area contributed by atoms with Gasteiger partial charge in [0.15, 0.2) is 5.78 Å². The molecule has 0 saturated carbocycles. The van der Waals surface area contributed by atoms with Crippen molar-refractivity contribution < 1.29 is 9.53 Å². The molecular formula is C18H27NO2. The fourth-order valence-corrected chi connectivity index (χ4v) is 2.82. The minimum atomic E-state index is 0.154. The SMILES string of the molecule is CCC(=O)c1ccc(C)cc1OCCCN1CCCCC1. The zero-order valence-electron chi connectivity index (χ0n) is 13.4. The third-order valence-corrected chi connectivity index (χ3v) is 4.08. The summed E-state index contributed by atoms with van der Waals surface area (Å²) in [4.78, 5) is 14.5. The van der Waals surface area contributed by atoms with Crippen LogP contribution >= 0.6 is 0 Å². The van der Waals surface area contributed by atoms with Gasteiger partial charge in [0.05, 0.1) is 12.2 Å². The summed E-state index contributed by atoms with van der Waals surface area (Å²) in [5.74, 6) is 0.904. The molecule has 1 saturated heterocycles. The van der Waals surface area contributed by atoms with Gasteiger partial charge < -0.3 is 9.64 Å². The Kier molecular flexibility index (Phi) is 6.24. The van der Waals surface area contributed by atoms with Crippen molar-refractivity contribution in [2.45, 2.75) is 46.0 Å². The van der Waals surface area contributed by atoms with Gasteiger partial charge in [-0.15, -0.1) is 0 Å². The van der Waals surface area contributed by atoms with Gasteiger partial charge in [0, 0.05) is 13.0 Å². The van der Waals surface area contributed by atoms with Crippen LogP contribution in [-0.2, 0) is 0 Å². The number of Topliss-reactive ketones (excluding diaryl/α,β-unsaturated/α-hetero) is 1. The number of piperidine rings is 1. The van der Waals surface area contributed by atoms with E-state index in [0.717, 1.165) is 29.8 Å². The largest absolute Gasteiger partial charge is 0.493 e. The van der Waals surface area contributed by atoms with Crippen LogP contribution < -0.4 is 4.74 Å². The average Bonchev–Trinajstić information content (AvgIpc) is 2.52. The van der Waals surface area contributed by atoms with Gasteiger partial charge in [0.25, 0.3) is 0 Å². The van der Waals surface area contributed by atoms with Gasteiger partial charge in [-0.25, -0.2) is 0 Å². The molecule has 1 aromatic carbocycles. The molecule has 3 heteroatoms. The van der Waals surface area contributed by atoms with Crippen molar-refractivity contribution >= 4 is 5.78 Å². The minimum absolute atomic E-state index is 0.154. The Bertz CT molecular complexity index is 464. The lowest BCUT2D eigenvalue weighted by atomic mass is 10.1. The zero-order valence-corrected chi connectivity index (χ0v) is 13.4. The van der Waals surface area contributed by atoms with Gasteiger partial charge in [0.1, 0.15) is 5.75 Å². The Hall–Kier alpha value is -1.35. The first-order valence-electron chi connectivity index (χ1n) is 8.19. The zero-order chi connectivity index (χ0) is 15.1. The van der Waals surface area contributed by atoms with E-state index in [1.54, 1.807) is 0 Å². The van der Waals surface area contributed by atoms with Crippen LogP contribution in [0.2, 0.25) is 0 Å². The standard InChI is InChI=1S/C18H27NO2/c1-3-17(20)16-9-8-15(2)14-18(16)21-13-7-12-19-10-5-4-6-11-19/h8-9,14H,3-7,10-13H2,1-2H3. The number of ether oxygens (including phenoxy) is 1. The predicted molar refractivity (Wildman–Crippen MR) is 86.2 cm³/mol. The summed E-state index contributed by atoms with van der Waals surface area (Å²) in [6.07, 6.45) is 5.57. The highest BCUT2D eigenvalue weighted by Crippen LogP contribution is 2.22. The molecule has 0 aliphatic carbocycles. The van der Waals surface area contributed by atoms with Crippen molar-refractivity contribution in [3.63, 3.8) is 0 Å². The fraction of sp³-hybridized carbons (Fsp3) is 0.611. The normalized spacial score (nSPS) is 15.9. The Morgan fingerprint density at radius 3 is 2.71 bits per heavy atom. The van der Waals surface area contributed by atoms with E-state index in [4.69, 9.17) is 4.74 Å². The molecule has 1 aromatic rings. The maximum Gasteiger partial charge on any atom is 0.166 e. The van der Waals surface area contributed by atoms with Crippen molar-refractivity contribution in [2.75, 3.05) is 26.2 Å². The molecule has 0 N–H and O–H groups in total. The Labute approximate surface area is 128 Å². The number of nitrogens with zero attached hydrogens (tertiary/aromatic N) is 1. The first-order chi connectivity index (χ1) is 10.2. The number of carbonyl (C=O) groups excluding carboxylic acids is 1. The van der Waals surface area contributed by atoms with Gasteiger partial charge in [-0.2, -0.15) is 0 Å². The van der Waals surface area contributed by atoms with Crippen molar-refractivity contribution in [3.05, 3.63) is 29.3 Å². The summed E-state index contributed by atoms with van der Waals surface area (Å²) >= 11 is 0. The molecule has 0 atom stereocenters. The third kappa shape index (κ3) is 4.85. The van der Waals surface area contributed by atoms with E-state index in [0.29, 0.717) is 13.0 Å². The summed E-state index contributed by atoms with van der Waals surface area (Å²) in [6.45, 7) is 8.16. The van der Waals surface area contributed by atoms with Gasteiger partial charge in [-0.1, -0.05) is 19.4 Å². The summed E-state index contributed by atoms with van der Waals surface area (Å²) in [5, 5.41) is 0. The lowest BCUT2D eigenvalue weighted by Gasteiger charge is -2.26. The van der Waals surface area contributed by atoms with Crippen molar-refractivity contribution in [1.82, 2.24) is 4.90 Å². The smallest absolute Gasteiger partial charge is 0.166 e. The van der Waals surface area contributed by atoms with Crippen LogP contribution in [-0.4, -0.2) is 36.9 Å². The number of ketones is 1. The Morgan fingerprint density at radius 2 is 2.00 bits per heavy atom. The highest BCUT2D eigenvalue weighted by molar-refractivity contribution is 5.98. The fourth-order valence-electron chi connectivity index (χ4n) is 2.82. The number of hydrogen-bond donors (Lipinski definition) is 0. The molecule has 2 rings (SSSR count). The van der Waals surface area contributed by atoms with Crippen LogP contribution in [0.1, 0.15) is 54.9 Å². The summed E-state index contributed by atoms with van der Waals surface area (Å²) in [7, 11) is 0. The first kappa shape index (κ1) is 16.0. The maximum absolute atomic E-state index is 11.9. The topological polar surface area (TPSA) is 29.5 Å². The van der Waals surface area contributed by atoms with Gasteiger partial charge in [-0.3, -0.25) is 4.79 Å². The molecule has 1 heterocycles. The van der Waals surface area contributed by atoms with Gasteiger partial charge in [-0.05, 0) is 57.0 Å². The average molecular weight is 289 g/mol. The second-order valence-electron chi connectivity index (χ2n) is 5.88. The van der Waals surface area contributed by atoms with Gasteiger partial charge in [0.2, 0.25) is 0 Å². The first-order valence-corrected chi connectivity index (χ1v) is 8.19. The second kappa shape index (κ2) is 8.18. The van der Waals surface area contributed by atoms with E-state index in [-0.39, 0.29) is 5.78 Å². The number of hydrogen-bond acceptors (Lipinski definition) is 3. The molecule has 21 heavy (non-hydrogen) atoms. The Balaban J connectivity index is 1.84. The number of benzene rings is 1. The molecule has 1 aliphatic heterocycles. The molecule has 0 bridgehead atoms. The molecule has 116 valence electrons. The lowest BCUT2D eigenvalue weighted by Crippen LogP contribution is -2.31. The van der Waals surface area contributed by atoms with Gasteiger partial charge >= 0.3 is 0 Å². The molecule has 0 aromatic heterocycles. The highest BCUT2D eigenvalue weighted by Gasteiger charge is 2.12. The number of carbonyl (C=O) groups is 1. The van der Waals surface area contributed by atoms with Crippen molar-refractivity contribution in [3.8, 4) is 5.75 Å². The number of aryl methyl sites for hydroxylation is 1. The van der Waals surface area contributed by atoms with Crippen LogP contribution in [0.4, 0.5) is 0 Å². The summed E-state index contributed by atoms with van der Waals surface area (Å²) in [6, 6.07) is 5.84. The van der Waals surface area contributed by atoms with E-state index in [1.807, 2.05) is 32.0 Å². The van der Waals surface area contributed by atoms with Crippen LogP contribution in [0.25, 0.3) is 0 Å². The molecule has 3 nitrogen and oxygen atoms in total. The van der Waals surface area contributed by atoms with Crippen LogP contribution in [0.3, 0.4) is 0 Å². The summed E-state index contributed by atoms with van der Waals surface area (Å²) in [5.41, 5.74) is 1.86. The van der Waals surface area contributed by atoms with E-state index in [2.05, 4.69) is 4.90 Å². The summed E-state index contributed by atoms with van der Waals surface area (Å²) < 4.78 is 5.88. The third-order valence-electron chi connectivity index (χ3n) is 4.08. The molecule has 0 unspecified atom stereocenters. The second-order valence-corrected chi connectivity index (χ2v) is 5.88. The van der Waals surface area contributed by atoms with E-state index >= 15 is 0 Å². The maximum atomic E-state index is 11.9. The van der Waals surface area contributed by atoms with Crippen LogP contribution in [0, 0.1) is 6.92 Å². The quantitative estimate of drug-likeness (QED) is 0.564. The number of likely N-dealkylation sites (tertiary alicyclic amines) is 1. The predicted octanol–water partition coefficient (Wildman–Crippen LogP) is 3.84. The minimum Gasteiger partial charge on any atom is -0.493 e. The highest BCUT2D eigenvalue weighted by atomic mass is 16.5. The van der Waals surface area contributed by atoms with Crippen molar-refractivity contribution in [1.29, 1.82) is 0 Å². The van der Waals surface area contributed by atoms with Crippen LogP contribution in [0.15, 0.2) is 18.2 Å². The number of rotatable bonds is 7. The van der Waals surface area contributed by atoms with E-state index < -0.39 is 0 Å². The van der Waals surface area contributed by atoms with Crippen LogP contribution in [0.5, 0.6) is 5.75 Å². The lowest BCUT2D eigenvalue weighted by molar-refractivity contribution is 0.0984. The van der Waals surface area contributed by atoms with E-state index in [1.165, 1.54) is 32.4 Å². The molecule has 0 radical (unpaired) electrons. The molecule has 0 spiro atoms. The molecule has 1 aliphatic rings. The van der Waals surface area contributed by atoms with Crippen molar-refractivity contribution in [2.24, 2.45) is 0 Å².